The van der Waals surface area contributed by atoms with Crippen LogP contribution in [0.15, 0.2) is 36.8 Å². The van der Waals surface area contributed by atoms with Crippen molar-refractivity contribution in [3.63, 3.8) is 0 Å². The second kappa shape index (κ2) is 6.46. The maximum absolute atomic E-state index is 11.2. The number of nitrogens with zero attached hydrogens (tertiary/aromatic N) is 3. The van der Waals surface area contributed by atoms with E-state index in [9.17, 15) is 10.1 Å². The summed E-state index contributed by atoms with van der Waals surface area (Å²) in [6.45, 7) is 2.92. The quantitative estimate of drug-likeness (QED) is 0.620. The Balaban J connectivity index is 2.22. The van der Waals surface area contributed by atoms with Crippen LogP contribution in [0.5, 0.6) is 0 Å². The lowest BCUT2D eigenvalue weighted by Gasteiger charge is -2.10. The maximum Gasteiger partial charge on any atom is 0.315 e. The molecule has 2 N–H and O–H groups in total. The Morgan fingerprint density at radius 1 is 1.25 bits per heavy atom. The van der Waals surface area contributed by atoms with E-state index in [4.69, 9.17) is 0 Å². The molecular formula is C13H15N5O2. The summed E-state index contributed by atoms with van der Waals surface area (Å²) in [7, 11) is 0. The van der Waals surface area contributed by atoms with Gasteiger partial charge in [-0.3, -0.25) is 10.1 Å². The van der Waals surface area contributed by atoms with Crippen molar-refractivity contribution in [3.8, 4) is 0 Å². The van der Waals surface area contributed by atoms with E-state index < -0.39 is 0 Å². The third kappa shape index (κ3) is 3.19. The Kier molecular flexibility index (Phi) is 4.43. The molecule has 20 heavy (non-hydrogen) atoms. The van der Waals surface area contributed by atoms with Gasteiger partial charge in [0.05, 0.1) is 17.2 Å². The molecule has 0 saturated heterocycles. The number of nitro groups is 1. The average Bonchev–Trinajstić information content (AvgIpc) is 2.46. The summed E-state index contributed by atoms with van der Waals surface area (Å²) in [6, 6.07) is 6.90. The SMILES string of the molecule is CCNc1cccc(NCc2ccncn2)c1[N+](=O)[O-]. The summed E-state index contributed by atoms with van der Waals surface area (Å²) in [5.41, 5.74) is 1.78. The summed E-state index contributed by atoms with van der Waals surface area (Å²) in [5, 5.41) is 17.3. The van der Waals surface area contributed by atoms with Crippen LogP contribution in [-0.4, -0.2) is 21.4 Å². The van der Waals surface area contributed by atoms with Gasteiger partial charge in [-0.05, 0) is 25.1 Å². The van der Waals surface area contributed by atoms with Gasteiger partial charge in [0, 0.05) is 12.7 Å². The van der Waals surface area contributed by atoms with E-state index in [0.717, 1.165) is 5.69 Å². The van der Waals surface area contributed by atoms with E-state index in [-0.39, 0.29) is 10.6 Å². The first kappa shape index (κ1) is 13.7. The third-order valence-corrected chi connectivity index (χ3v) is 2.69. The lowest BCUT2D eigenvalue weighted by Crippen LogP contribution is -2.07. The first-order chi connectivity index (χ1) is 9.72. The fourth-order valence-corrected chi connectivity index (χ4v) is 1.82. The zero-order chi connectivity index (χ0) is 14.4. The molecule has 104 valence electrons. The predicted octanol–water partition coefficient (Wildman–Crippen LogP) is 2.43. The average molecular weight is 273 g/mol. The molecule has 7 heteroatoms. The molecule has 0 radical (unpaired) electrons. The van der Waals surface area contributed by atoms with Crippen molar-refractivity contribution in [3.05, 3.63) is 52.6 Å². The van der Waals surface area contributed by atoms with Crippen LogP contribution in [-0.2, 0) is 6.54 Å². The largest absolute Gasteiger partial charge is 0.380 e. The van der Waals surface area contributed by atoms with Gasteiger partial charge in [0.25, 0.3) is 0 Å². The molecule has 2 aromatic rings. The minimum Gasteiger partial charge on any atom is -0.380 e. The minimum atomic E-state index is -0.389. The van der Waals surface area contributed by atoms with Gasteiger partial charge in [-0.25, -0.2) is 9.97 Å². The third-order valence-electron chi connectivity index (χ3n) is 2.69. The molecule has 2 rings (SSSR count). The van der Waals surface area contributed by atoms with Crippen LogP contribution in [0.3, 0.4) is 0 Å². The monoisotopic (exact) mass is 273 g/mol. The highest BCUT2D eigenvalue weighted by molar-refractivity contribution is 5.76. The molecule has 0 amide bonds. The Bertz CT molecular complexity index is 589. The van der Waals surface area contributed by atoms with Crippen molar-refractivity contribution < 1.29 is 4.92 Å². The van der Waals surface area contributed by atoms with E-state index >= 15 is 0 Å². The molecule has 1 heterocycles. The number of anilines is 2. The molecule has 1 aromatic heterocycles. The topological polar surface area (TPSA) is 93.0 Å². The van der Waals surface area contributed by atoms with Gasteiger partial charge < -0.3 is 10.6 Å². The summed E-state index contributed by atoms with van der Waals surface area (Å²) >= 11 is 0. The molecule has 0 fully saturated rings. The first-order valence-corrected chi connectivity index (χ1v) is 6.22. The van der Waals surface area contributed by atoms with Gasteiger partial charge >= 0.3 is 5.69 Å². The molecule has 0 unspecified atom stereocenters. The summed E-state index contributed by atoms with van der Waals surface area (Å²) in [5.74, 6) is 0. The van der Waals surface area contributed by atoms with E-state index in [1.807, 2.05) is 6.92 Å². The van der Waals surface area contributed by atoms with E-state index in [0.29, 0.717) is 24.5 Å². The first-order valence-electron chi connectivity index (χ1n) is 6.22. The zero-order valence-electron chi connectivity index (χ0n) is 11.0. The standard InChI is InChI=1S/C13H15N5O2/c1-2-15-11-4-3-5-12(13(11)18(19)20)16-8-10-6-7-14-9-17-10/h3-7,9,15-16H,2,8H2,1H3. The molecular weight excluding hydrogens is 258 g/mol. The van der Waals surface area contributed by atoms with Gasteiger partial charge in [-0.1, -0.05) is 6.07 Å². The van der Waals surface area contributed by atoms with Gasteiger partial charge in [0.2, 0.25) is 0 Å². The van der Waals surface area contributed by atoms with Gasteiger partial charge in [0.1, 0.15) is 17.7 Å². The van der Waals surface area contributed by atoms with Crippen molar-refractivity contribution >= 4 is 17.1 Å². The van der Waals surface area contributed by atoms with Crippen LogP contribution in [0.1, 0.15) is 12.6 Å². The molecule has 0 atom stereocenters. The number of hydrogen-bond acceptors (Lipinski definition) is 6. The van der Waals surface area contributed by atoms with Crippen molar-refractivity contribution in [2.24, 2.45) is 0 Å². The number of rotatable bonds is 6. The fraction of sp³-hybridized carbons (Fsp3) is 0.231. The highest BCUT2D eigenvalue weighted by Gasteiger charge is 2.18. The number of aromatic nitrogens is 2. The van der Waals surface area contributed by atoms with Crippen molar-refractivity contribution in [2.45, 2.75) is 13.5 Å². The Morgan fingerprint density at radius 3 is 2.60 bits per heavy atom. The Hall–Kier alpha value is -2.70. The summed E-state index contributed by atoms with van der Waals surface area (Å²) in [4.78, 5) is 18.7. The molecule has 7 nitrogen and oxygen atoms in total. The summed E-state index contributed by atoms with van der Waals surface area (Å²) in [6.07, 6.45) is 3.08. The van der Waals surface area contributed by atoms with Crippen LogP contribution >= 0.6 is 0 Å². The van der Waals surface area contributed by atoms with Gasteiger partial charge in [0.15, 0.2) is 0 Å². The van der Waals surface area contributed by atoms with Crippen LogP contribution < -0.4 is 10.6 Å². The lowest BCUT2D eigenvalue weighted by atomic mass is 10.2. The predicted molar refractivity (Wildman–Crippen MR) is 76.6 cm³/mol. The second-order valence-electron chi connectivity index (χ2n) is 4.04. The van der Waals surface area contributed by atoms with Crippen molar-refractivity contribution in [1.82, 2.24) is 9.97 Å². The number of para-hydroxylation sites is 1. The van der Waals surface area contributed by atoms with Gasteiger partial charge in [-0.2, -0.15) is 0 Å². The maximum atomic E-state index is 11.2. The van der Waals surface area contributed by atoms with Crippen LogP contribution in [0.25, 0.3) is 0 Å². The second-order valence-corrected chi connectivity index (χ2v) is 4.04. The number of nitro benzene ring substituents is 1. The lowest BCUT2D eigenvalue weighted by molar-refractivity contribution is -0.383. The molecule has 0 aliphatic rings. The fourth-order valence-electron chi connectivity index (χ4n) is 1.82. The van der Waals surface area contributed by atoms with Crippen molar-refractivity contribution in [2.75, 3.05) is 17.2 Å². The van der Waals surface area contributed by atoms with Gasteiger partial charge in [-0.15, -0.1) is 0 Å². The number of benzene rings is 1. The van der Waals surface area contributed by atoms with Crippen molar-refractivity contribution in [1.29, 1.82) is 0 Å². The highest BCUT2D eigenvalue weighted by atomic mass is 16.6. The molecule has 0 saturated carbocycles. The van der Waals surface area contributed by atoms with Crippen LogP contribution in [0, 0.1) is 10.1 Å². The normalized spacial score (nSPS) is 10.1. The van der Waals surface area contributed by atoms with E-state index in [1.54, 1.807) is 30.5 Å². The highest BCUT2D eigenvalue weighted by Crippen LogP contribution is 2.32. The van der Waals surface area contributed by atoms with Crippen LogP contribution in [0.2, 0.25) is 0 Å². The Labute approximate surface area is 116 Å². The Morgan fingerprint density at radius 2 is 2.00 bits per heavy atom. The molecule has 1 aromatic carbocycles. The molecule has 0 aliphatic heterocycles. The van der Waals surface area contributed by atoms with Crippen LogP contribution in [0.4, 0.5) is 17.1 Å². The minimum absolute atomic E-state index is 0.0448. The van der Waals surface area contributed by atoms with E-state index in [1.165, 1.54) is 6.33 Å². The van der Waals surface area contributed by atoms with E-state index in [2.05, 4.69) is 20.6 Å². The molecule has 0 bridgehead atoms. The smallest absolute Gasteiger partial charge is 0.315 e. The zero-order valence-corrected chi connectivity index (χ0v) is 11.0. The number of nitrogens with one attached hydrogen (secondary N) is 2. The summed E-state index contributed by atoms with van der Waals surface area (Å²) < 4.78 is 0. The molecule has 0 aliphatic carbocycles. The number of hydrogen-bond donors (Lipinski definition) is 2. The molecule has 0 spiro atoms.